The van der Waals surface area contributed by atoms with Crippen LogP contribution in [-0.2, 0) is 4.79 Å². The molecule has 0 bridgehead atoms. The van der Waals surface area contributed by atoms with Gasteiger partial charge in [0.1, 0.15) is 5.78 Å². The van der Waals surface area contributed by atoms with E-state index in [0.717, 1.165) is 12.8 Å². The third-order valence-corrected chi connectivity index (χ3v) is 5.79. The van der Waals surface area contributed by atoms with Crippen molar-refractivity contribution in [3.8, 4) is 0 Å². The molecule has 0 radical (unpaired) electrons. The van der Waals surface area contributed by atoms with Gasteiger partial charge >= 0.3 is 0 Å². The van der Waals surface area contributed by atoms with Crippen LogP contribution in [0.25, 0.3) is 0 Å². The van der Waals surface area contributed by atoms with E-state index < -0.39 is 0 Å². The minimum absolute atomic E-state index is 0.199. The molecule has 1 aromatic rings. The molecule has 4 heteroatoms. The summed E-state index contributed by atoms with van der Waals surface area (Å²) in [6.07, 6.45) is 11.1. The maximum absolute atomic E-state index is 12.2. The fraction of sp³-hybridized carbons (Fsp3) is 0.810. The van der Waals surface area contributed by atoms with Gasteiger partial charge in [0.15, 0.2) is 0 Å². The number of aromatic nitrogens is 2. The maximum Gasteiger partial charge on any atom is 0.138 e. The largest absolute Gasteiger partial charge is 0.300 e. The molecule has 1 aromatic heterocycles. The summed E-state index contributed by atoms with van der Waals surface area (Å²) in [6, 6.07) is 1.27. The van der Waals surface area contributed by atoms with Gasteiger partial charge in [-0.25, -0.2) is 0 Å². The number of hydrogen-bond donors (Lipinski definition) is 0. The Morgan fingerprint density at radius 2 is 1.64 bits per heavy atom. The Bertz CT molecular complexity index is 521. The lowest BCUT2D eigenvalue weighted by molar-refractivity contribution is -0.127. The fourth-order valence-corrected chi connectivity index (χ4v) is 4.35. The van der Waals surface area contributed by atoms with Crippen LogP contribution in [0.3, 0.4) is 0 Å². The lowest BCUT2D eigenvalue weighted by Crippen LogP contribution is -2.44. The molecule has 1 saturated heterocycles. The van der Waals surface area contributed by atoms with Crippen molar-refractivity contribution in [2.24, 2.45) is 11.8 Å². The first-order valence-electron chi connectivity index (χ1n) is 10.3. The number of Topliss-reactive ketones (excluding diaryl/α,β-unsaturated/α-hetero) is 1. The monoisotopic (exact) mass is 347 g/mol. The average Bonchev–Trinajstić information content (AvgIpc) is 3.09. The quantitative estimate of drug-likeness (QED) is 0.796. The summed E-state index contributed by atoms with van der Waals surface area (Å²) in [6.45, 7) is 12.5. The highest BCUT2D eigenvalue weighted by molar-refractivity contribution is 5.82. The van der Waals surface area contributed by atoms with E-state index in [1.807, 2.05) is 33.9 Å². The molecule has 0 atom stereocenters. The van der Waals surface area contributed by atoms with E-state index in [0.29, 0.717) is 23.8 Å². The van der Waals surface area contributed by atoms with Gasteiger partial charge in [-0.05, 0) is 51.0 Å². The highest BCUT2D eigenvalue weighted by Gasteiger charge is 2.32. The van der Waals surface area contributed by atoms with E-state index in [1.54, 1.807) is 0 Å². The second-order valence-corrected chi connectivity index (χ2v) is 7.83. The summed E-state index contributed by atoms with van der Waals surface area (Å²) in [5, 5.41) is 4.48. The number of hydrogen-bond acceptors (Lipinski definition) is 3. The maximum atomic E-state index is 12.2. The van der Waals surface area contributed by atoms with Crippen LogP contribution >= 0.6 is 0 Å². The molecule has 0 spiro atoms. The number of likely N-dealkylation sites (tertiary alicyclic amines) is 1. The van der Waals surface area contributed by atoms with Gasteiger partial charge in [0.25, 0.3) is 0 Å². The molecule has 1 aliphatic carbocycles. The van der Waals surface area contributed by atoms with Crippen molar-refractivity contribution in [1.82, 2.24) is 14.7 Å². The fourth-order valence-electron chi connectivity index (χ4n) is 4.35. The summed E-state index contributed by atoms with van der Waals surface area (Å²) in [5.41, 5.74) is 1.25. The summed E-state index contributed by atoms with van der Waals surface area (Å²) in [5.74, 6) is 1.01. The zero-order valence-electron chi connectivity index (χ0n) is 16.9. The number of nitrogens with zero attached hydrogens (tertiary/aromatic N) is 3. The summed E-state index contributed by atoms with van der Waals surface area (Å²) < 4.78 is 2.16. The Labute approximate surface area is 154 Å². The number of carbonyl (C=O) groups is 1. The van der Waals surface area contributed by atoms with E-state index in [1.165, 1.54) is 44.3 Å². The van der Waals surface area contributed by atoms with Crippen LogP contribution in [0, 0.1) is 18.8 Å². The van der Waals surface area contributed by atoms with Crippen LogP contribution in [0.5, 0.6) is 0 Å². The van der Waals surface area contributed by atoms with Crippen molar-refractivity contribution >= 4 is 5.78 Å². The summed E-state index contributed by atoms with van der Waals surface area (Å²) >= 11 is 0. The summed E-state index contributed by atoms with van der Waals surface area (Å²) in [7, 11) is 0. The Hall–Kier alpha value is -1.16. The molecule has 2 aliphatic rings. The highest BCUT2D eigenvalue weighted by atomic mass is 16.1. The molecule has 0 amide bonds. The predicted octanol–water partition coefficient (Wildman–Crippen LogP) is 4.64. The third-order valence-electron chi connectivity index (χ3n) is 5.79. The van der Waals surface area contributed by atoms with Crippen molar-refractivity contribution in [2.75, 3.05) is 13.1 Å². The molecular formula is C21H37N3O. The van der Waals surface area contributed by atoms with E-state index in [-0.39, 0.29) is 5.92 Å². The van der Waals surface area contributed by atoms with Gasteiger partial charge in [-0.1, -0.05) is 27.7 Å². The van der Waals surface area contributed by atoms with Gasteiger partial charge in [-0.2, -0.15) is 5.10 Å². The Morgan fingerprint density at radius 3 is 2.12 bits per heavy atom. The van der Waals surface area contributed by atoms with Gasteiger partial charge in [0.05, 0.1) is 12.2 Å². The number of piperidine rings is 1. The number of aryl methyl sites for hydroxylation is 1. The molecule has 0 unspecified atom stereocenters. The van der Waals surface area contributed by atoms with E-state index in [9.17, 15) is 4.79 Å². The summed E-state index contributed by atoms with van der Waals surface area (Å²) in [4.78, 5) is 14.8. The van der Waals surface area contributed by atoms with Crippen LogP contribution in [0.2, 0.25) is 0 Å². The van der Waals surface area contributed by atoms with Crippen LogP contribution in [-0.4, -0.2) is 39.6 Å². The number of rotatable bonds is 4. The molecule has 1 aliphatic heterocycles. The van der Waals surface area contributed by atoms with Crippen molar-refractivity contribution in [2.45, 2.75) is 85.2 Å². The second kappa shape index (κ2) is 9.51. The Kier molecular flexibility index (Phi) is 7.67. The van der Waals surface area contributed by atoms with Gasteiger partial charge in [0.2, 0.25) is 0 Å². The van der Waals surface area contributed by atoms with Crippen LogP contribution in [0.15, 0.2) is 12.4 Å². The molecule has 1 saturated carbocycles. The number of ketones is 1. The second-order valence-electron chi connectivity index (χ2n) is 7.83. The standard InChI is InChI=1S/C19H31N3O.C2H6/c1-14(2)19(23)16-4-6-17(7-5-16)21-10-8-18(9-11-21)22-13-15(3)12-20-22;1-2/h12-14,16-18H,4-11H2,1-3H3;1-2H3. The van der Waals surface area contributed by atoms with Crippen molar-refractivity contribution in [3.63, 3.8) is 0 Å². The van der Waals surface area contributed by atoms with Crippen LogP contribution in [0.1, 0.15) is 77.8 Å². The molecule has 3 rings (SSSR count). The number of carbonyl (C=O) groups excluding carboxylic acids is 1. The Balaban J connectivity index is 0.00000109. The molecule has 2 fully saturated rings. The van der Waals surface area contributed by atoms with Crippen LogP contribution in [0.4, 0.5) is 0 Å². The van der Waals surface area contributed by atoms with E-state index in [4.69, 9.17) is 0 Å². The van der Waals surface area contributed by atoms with Crippen molar-refractivity contribution in [1.29, 1.82) is 0 Å². The normalized spacial score (nSPS) is 25.5. The molecular weight excluding hydrogens is 310 g/mol. The smallest absolute Gasteiger partial charge is 0.138 e. The lowest BCUT2D eigenvalue weighted by atomic mass is 9.79. The van der Waals surface area contributed by atoms with E-state index in [2.05, 4.69) is 27.8 Å². The molecule has 25 heavy (non-hydrogen) atoms. The van der Waals surface area contributed by atoms with E-state index >= 15 is 0 Å². The first kappa shape index (κ1) is 20.2. The minimum atomic E-state index is 0.199. The predicted molar refractivity (Wildman–Crippen MR) is 104 cm³/mol. The Morgan fingerprint density at radius 1 is 1.04 bits per heavy atom. The van der Waals surface area contributed by atoms with Crippen molar-refractivity contribution < 1.29 is 4.79 Å². The van der Waals surface area contributed by atoms with Crippen molar-refractivity contribution in [3.05, 3.63) is 18.0 Å². The average molecular weight is 348 g/mol. The molecule has 2 heterocycles. The van der Waals surface area contributed by atoms with Gasteiger partial charge < -0.3 is 4.90 Å². The van der Waals surface area contributed by atoms with Gasteiger partial charge in [0, 0.05) is 37.2 Å². The molecule has 0 N–H and O–H groups in total. The SMILES string of the molecule is CC.Cc1cnn(C2CCN(C3CCC(C(=O)C(C)C)CC3)CC2)c1. The van der Waals surface area contributed by atoms with Gasteiger partial charge in [-0.3, -0.25) is 9.48 Å². The first-order chi connectivity index (χ1) is 12.0. The molecule has 4 nitrogen and oxygen atoms in total. The minimum Gasteiger partial charge on any atom is -0.300 e. The lowest BCUT2D eigenvalue weighted by Gasteiger charge is -2.40. The zero-order valence-corrected chi connectivity index (χ0v) is 16.9. The highest BCUT2D eigenvalue weighted by Crippen LogP contribution is 2.32. The zero-order chi connectivity index (χ0) is 18.4. The van der Waals surface area contributed by atoms with Gasteiger partial charge in [-0.15, -0.1) is 0 Å². The molecule has 0 aromatic carbocycles. The van der Waals surface area contributed by atoms with Crippen LogP contribution < -0.4 is 0 Å². The molecule has 142 valence electrons. The third kappa shape index (κ3) is 5.16. The first-order valence-corrected chi connectivity index (χ1v) is 10.3. The topological polar surface area (TPSA) is 38.1 Å².